The fourth-order valence-electron chi connectivity index (χ4n) is 3.28. The van der Waals surface area contributed by atoms with Gasteiger partial charge in [0.1, 0.15) is 0 Å². The molecule has 0 heterocycles. The van der Waals surface area contributed by atoms with Gasteiger partial charge in [-0.3, -0.25) is 0 Å². The Morgan fingerprint density at radius 2 is 1.85 bits per heavy atom. The maximum Gasteiger partial charge on any atom is 0.0366 e. The summed E-state index contributed by atoms with van der Waals surface area (Å²) in [5.74, 6) is 0.733. The molecule has 0 radical (unpaired) electrons. The van der Waals surface area contributed by atoms with Crippen molar-refractivity contribution in [3.8, 4) is 0 Å². The number of nitrogens with zero attached hydrogens (tertiary/aromatic N) is 1. The van der Waals surface area contributed by atoms with Crippen LogP contribution in [0, 0.1) is 5.92 Å². The SMILES string of the molecule is CCCCN(CC(N)C1CCCCC1)c1ccccc1. The molecule has 2 N–H and O–H groups in total. The van der Waals surface area contributed by atoms with Crippen molar-refractivity contribution in [1.29, 1.82) is 0 Å². The first-order valence-electron chi connectivity index (χ1n) is 8.37. The summed E-state index contributed by atoms with van der Waals surface area (Å²) in [6.07, 6.45) is 9.29. The number of anilines is 1. The average molecular weight is 274 g/mol. The van der Waals surface area contributed by atoms with E-state index in [0.717, 1.165) is 19.0 Å². The minimum Gasteiger partial charge on any atom is -0.370 e. The van der Waals surface area contributed by atoms with E-state index in [0.29, 0.717) is 6.04 Å². The van der Waals surface area contributed by atoms with Gasteiger partial charge < -0.3 is 10.6 Å². The van der Waals surface area contributed by atoms with Gasteiger partial charge in [-0.1, -0.05) is 50.8 Å². The van der Waals surface area contributed by atoms with Gasteiger partial charge in [0.2, 0.25) is 0 Å². The fraction of sp³-hybridized carbons (Fsp3) is 0.667. The van der Waals surface area contributed by atoms with Gasteiger partial charge >= 0.3 is 0 Å². The molecule has 2 nitrogen and oxygen atoms in total. The van der Waals surface area contributed by atoms with Crippen LogP contribution < -0.4 is 10.6 Å². The Balaban J connectivity index is 1.95. The molecular formula is C18H30N2. The highest BCUT2D eigenvalue weighted by Crippen LogP contribution is 2.27. The minimum absolute atomic E-state index is 0.326. The fourth-order valence-corrected chi connectivity index (χ4v) is 3.28. The van der Waals surface area contributed by atoms with Gasteiger partial charge in [0.25, 0.3) is 0 Å². The second kappa shape index (κ2) is 8.31. The van der Waals surface area contributed by atoms with Crippen molar-refractivity contribution in [2.45, 2.75) is 57.9 Å². The third-order valence-electron chi connectivity index (χ3n) is 4.59. The van der Waals surface area contributed by atoms with E-state index in [4.69, 9.17) is 5.73 Å². The third kappa shape index (κ3) is 4.52. The average Bonchev–Trinajstić information content (AvgIpc) is 2.53. The van der Waals surface area contributed by atoms with Crippen molar-refractivity contribution in [2.24, 2.45) is 11.7 Å². The zero-order valence-electron chi connectivity index (χ0n) is 12.9. The van der Waals surface area contributed by atoms with Crippen molar-refractivity contribution in [2.75, 3.05) is 18.0 Å². The Morgan fingerprint density at radius 1 is 1.15 bits per heavy atom. The number of unbranched alkanes of at least 4 members (excludes halogenated alkanes) is 1. The van der Waals surface area contributed by atoms with E-state index in [9.17, 15) is 0 Å². The third-order valence-corrected chi connectivity index (χ3v) is 4.59. The molecule has 0 aromatic heterocycles. The monoisotopic (exact) mass is 274 g/mol. The second-order valence-corrected chi connectivity index (χ2v) is 6.20. The van der Waals surface area contributed by atoms with Crippen LogP contribution in [0.1, 0.15) is 51.9 Å². The maximum absolute atomic E-state index is 6.52. The smallest absolute Gasteiger partial charge is 0.0366 e. The normalized spacial score (nSPS) is 17.9. The molecule has 1 aliphatic carbocycles. The van der Waals surface area contributed by atoms with Crippen molar-refractivity contribution < 1.29 is 0 Å². The number of para-hydroxylation sites is 1. The van der Waals surface area contributed by atoms with Crippen LogP contribution in [0.5, 0.6) is 0 Å². The lowest BCUT2D eigenvalue weighted by molar-refractivity contribution is 0.304. The van der Waals surface area contributed by atoms with E-state index in [2.05, 4.69) is 42.2 Å². The number of hydrogen-bond acceptors (Lipinski definition) is 2. The van der Waals surface area contributed by atoms with Crippen LogP contribution >= 0.6 is 0 Å². The van der Waals surface area contributed by atoms with E-state index in [1.165, 1.54) is 50.6 Å². The van der Waals surface area contributed by atoms with Gasteiger partial charge in [0, 0.05) is 24.8 Å². The summed E-state index contributed by atoms with van der Waals surface area (Å²) >= 11 is 0. The van der Waals surface area contributed by atoms with Crippen LogP contribution in [0.2, 0.25) is 0 Å². The standard InChI is InChI=1S/C18H30N2/c1-2-3-14-20(17-12-8-5-9-13-17)15-18(19)16-10-6-4-7-11-16/h5,8-9,12-13,16,18H,2-4,6-7,10-11,14-15,19H2,1H3. The number of benzene rings is 1. The molecular weight excluding hydrogens is 244 g/mol. The summed E-state index contributed by atoms with van der Waals surface area (Å²) in [7, 11) is 0. The van der Waals surface area contributed by atoms with Crippen molar-refractivity contribution in [3.63, 3.8) is 0 Å². The summed E-state index contributed by atoms with van der Waals surface area (Å²) in [6.45, 7) is 4.39. The Morgan fingerprint density at radius 3 is 2.50 bits per heavy atom. The molecule has 1 aromatic rings. The van der Waals surface area contributed by atoms with E-state index in [1.54, 1.807) is 0 Å². The van der Waals surface area contributed by atoms with Gasteiger partial charge in [0.15, 0.2) is 0 Å². The zero-order valence-corrected chi connectivity index (χ0v) is 12.9. The molecule has 0 bridgehead atoms. The molecule has 0 amide bonds. The molecule has 1 aromatic carbocycles. The van der Waals surface area contributed by atoms with Crippen LogP contribution in [0.4, 0.5) is 5.69 Å². The Bertz CT molecular complexity index is 357. The predicted octanol–water partition coefficient (Wildman–Crippen LogP) is 4.20. The van der Waals surface area contributed by atoms with E-state index >= 15 is 0 Å². The molecule has 1 saturated carbocycles. The zero-order chi connectivity index (χ0) is 14.2. The van der Waals surface area contributed by atoms with Crippen molar-refractivity contribution in [1.82, 2.24) is 0 Å². The Kier molecular flexibility index (Phi) is 6.38. The molecule has 1 fully saturated rings. The molecule has 1 aliphatic rings. The minimum atomic E-state index is 0.326. The predicted molar refractivity (Wildman–Crippen MR) is 88.1 cm³/mol. The molecule has 2 heteroatoms. The quantitative estimate of drug-likeness (QED) is 0.807. The molecule has 20 heavy (non-hydrogen) atoms. The molecule has 2 rings (SSSR count). The lowest BCUT2D eigenvalue weighted by Crippen LogP contribution is -2.43. The van der Waals surface area contributed by atoms with E-state index in [-0.39, 0.29) is 0 Å². The summed E-state index contributed by atoms with van der Waals surface area (Å²) in [4.78, 5) is 2.49. The topological polar surface area (TPSA) is 29.3 Å². The van der Waals surface area contributed by atoms with Gasteiger partial charge in [-0.2, -0.15) is 0 Å². The first-order chi connectivity index (χ1) is 9.81. The van der Waals surface area contributed by atoms with E-state index in [1.807, 2.05) is 0 Å². The summed E-state index contributed by atoms with van der Waals surface area (Å²) in [6, 6.07) is 11.1. The molecule has 0 aliphatic heterocycles. The summed E-state index contributed by atoms with van der Waals surface area (Å²) < 4.78 is 0. The Labute approximate surface area is 124 Å². The lowest BCUT2D eigenvalue weighted by Gasteiger charge is -2.33. The highest BCUT2D eigenvalue weighted by atomic mass is 15.1. The van der Waals surface area contributed by atoms with Crippen LogP contribution in [-0.4, -0.2) is 19.1 Å². The first-order valence-corrected chi connectivity index (χ1v) is 8.37. The summed E-state index contributed by atoms with van der Waals surface area (Å²) in [5.41, 5.74) is 7.84. The van der Waals surface area contributed by atoms with Crippen LogP contribution in [-0.2, 0) is 0 Å². The first kappa shape index (κ1) is 15.4. The highest BCUT2D eigenvalue weighted by Gasteiger charge is 2.22. The Hall–Kier alpha value is -1.02. The number of hydrogen-bond donors (Lipinski definition) is 1. The maximum atomic E-state index is 6.52. The van der Waals surface area contributed by atoms with Crippen LogP contribution in [0.3, 0.4) is 0 Å². The highest BCUT2D eigenvalue weighted by molar-refractivity contribution is 5.46. The lowest BCUT2D eigenvalue weighted by atomic mass is 9.84. The molecule has 1 unspecified atom stereocenters. The van der Waals surface area contributed by atoms with Crippen LogP contribution in [0.25, 0.3) is 0 Å². The van der Waals surface area contributed by atoms with Gasteiger partial charge in [-0.15, -0.1) is 0 Å². The number of nitrogens with two attached hydrogens (primary N) is 1. The van der Waals surface area contributed by atoms with Crippen LogP contribution in [0.15, 0.2) is 30.3 Å². The largest absolute Gasteiger partial charge is 0.370 e. The van der Waals surface area contributed by atoms with Gasteiger partial charge in [-0.05, 0) is 37.3 Å². The van der Waals surface area contributed by atoms with Gasteiger partial charge in [-0.25, -0.2) is 0 Å². The number of rotatable bonds is 7. The van der Waals surface area contributed by atoms with Gasteiger partial charge in [0.05, 0.1) is 0 Å². The van der Waals surface area contributed by atoms with Crippen molar-refractivity contribution >= 4 is 5.69 Å². The second-order valence-electron chi connectivity index (χ2n) is 6.20. The van der Waals surface area contributed by atoms with Crippen molar-refractivity contribution in [3.05, 3.63) is 30.3 Å². The molecule has 112 valence electrons. The van der Waals surface area contributed by atoms with E-state index < -0.39 is 0 Å². The summed E-state index contributed by atoms with van der Waals surface area (Å²) in [5, 5.41) is 0. The molecule has 0 spiro atoms. The molecule has 0 saturated heterocycles. The molecule has 1 atom stereocenters.